The predicted molar refractivity (Wildman–Crippen MR) is 87.1 cm³/mol. The van der Waals surface area contributed by atoms with Crippen LogP contribution in [0.25, 0.3) is 0 Å². The molecule has 1 aromatic heterocycles. The quantitative estimate of drug-likeness (QED) is 0.898. The lowest BCUT2D eigenvalue weighted by molar-refractivity contribution is 0.0931. The topological polar surface area (TPSA) is 29.3 Å². The van der Waals surface area contributed by atoms with E-state index in [0.29, 0.717) is 23.4 Å². The molecule has 3 unspecified atom stereocenters. The molecule has 0 aromatic carbocycles. The average molecular weight is 292 g/mol. The number of rotatable bonds is 2. The lowest BCUT2D eigenvalue weighted by Crippen LogP contribution is -2.46. The largest absolute Gasteiger partial charge is 0.327 e. The molecule has 1 saturated carbocycles. The zero-order chi connectivity index (χ0) is 14.3. The summed E-state index contributed by atoms with van der Waals surface area (Å²) in [5.41, 5.74) is 8.45. The van der Waals surface area contributed by atoms with Gasteiger partial charge in [-0.15, -0.1) is 11.3 Å². The van der Waals surface area contributed by atoms with Crippen LogP contribution in [0.1, 0.15) is 56.5 Å². The van der Waals surface area contributed by atoms with E-state index in [2.05, 4.69) is 37.1 Å². The molecule has 2 nitrogen and oxygen atoms in total. The highest BCUT2D eigenvalue weighted by Gasteiger charge is 2.35. The van der Waals surface area contributed by atoms with Gasteiger partial charge in [0, 0.05) is 30.1 Å². The molecular weight excluding hydrogens is 264 g/mol. The molecule has 0 spiro atoms. The maximum absolute atomic E-state index is 6.41. The van der Waals surface area contributed by atoms with Crippen LogP contribution in [0.2, 0.25) is 0 Å². The number of fused-ring (bicyclic) bond motifs is 1. The van der Waals surface area contributed by atoms with Crippen LogP contribution in [-0.4, -0.2) is 24.0 Å². The molecule has 2 N–H and O–H groups in total. The van der Waals surface area contributed by atoms with Gasteiger partial charge in [-0.2, -0.15) is 0 Å². The molecule has 1 aromatic rings. The van der Waals surface area contributed by atoms with Crippen LogP contribution < -0.4 is 5.73 Å². The molecule has 1 aliphatic carbocycles. The normalized spacial score (nSPS) is 33.9. The maximum Gasteiger partial charge on any atom is 0.0331 e. The molecule has 3 heteroatoms. The van der Waals surface area contributed by atoms with Crippen LogP contribution in [-0.2, 0) is 6.42 Å². The van der Waals surface area contributed by atoms with Gasteiger partial charge in [0.1, 0.15) is 0 Å². The summed E-state index contributed by atoms with van der Waals surface area (Å²) < 4.78 is 0. The third-order valence-electron chi connectivity index (χ3n) is 5.45. The van der Waals surface area contributed by atoms with E-state index in [0.717, 1.165) is 0 Å². The van der Waals surface area contributed by atoms with Crippen molar-refractivity contribution in [1.29, 1.82) is 0 Å². The van der Waals surface area contributed by atoms with Gasteiger partial charge in [-0.3, -0.25) is 4.90 Å². The van der Waals surface area contributed by atoms with Crippen molar-refractivity contribution in [2.75, 3.05) is 13.1 Å². The van der Waals surface area contributed by atoms with E-state index < -0.39 is 0 Å². The Labute approximate surface area is 127 Å². The Bertz CT molecular complexity index is 465. The molecule has 3 atom stereocenters. The Morgan fingerprint density at radius 1 is 1.45 bits per heavy atom. The molecule has 2 heterocycles. The van der Waals surface area contributed by atoms with Crippen molar-refractivity contribution in [1.82, 2.24) is 4.90 Å². The Kier molecular flexibility index (Phi) is 3.95. The first-order chi connectivity index (χ1) is 9.46. The van der Waals surface area contributed by atoms with Gasteiger partial charge in [-0.1, -0.05) is 13.8 Å². The highest BCUT2D eigenvalue weighted by molar-refractivity contribution is 7.10. The van der Waals surface area contributed by atoms with Crippen molar-refractivity contribution in [2.45, 2.75) is 58.5 Å². The summed E-state index contributed by atoms with van der Waals surface area (Å²) in [4.78, 5) is 4.27. The minimum absolute atomic E-state index is 0.402. The van der Waals surface area contributed by atoms with E-state index in [1.54, 1.807) is 10.4 Å². The first kappa shape index (κ1) is 14.6. The first-order valence-corrected chi connectivity index (χ1v) is 8.90. The van der Waals surface area contributed by atoms with Gasteiger partial charge in [0.2, 0.25) is 0 Å². The van der Waals surface area contributed by atoms with Gasteiger partial charge in [-0.25, -0.2) is 0 Å². The molecule has 0 saturated heterocycles. The van der Waals surface area contributed by atoms with Crippen molar-refractivity contribution in [3.8, 4) is 0 Å². The molecule has 3 rings (SSSR count). The molecular formula is C17H28N2S. The Morgan fingerprint density at radius 2 is 2.25 bits per heavy atom. The summed E-state index contributed by atoms with van der Waals surface area (Å²) in [6.45, 7) is 9.56. The maximum atomic E-state index is 6.41. The zero-order valence-corrected chi connectivity index (χ0v) is 13.9. The summed E-state index contributed by atoms with van der Waals surface area (Å²) in [7, 11) is 0. The van der Waals surface area contributed by atoms with E-state index in [9.17, 15) is 0 Å². The van der Waals surface area contributed by atoms with Crippen LogP contribution in [0.15, 0.2) is 11.4 Å². The van der Waals surface area contributed by atoms with E-state index in [4.69, 9.17) is 5.73 Å². The van der Waals surface area contributed by atoms with Gasteiger partial charge in [0.05, 0.1) is 0 Å². The monoisotopic (exact) mass is 292 g/mol. The van der Waals surface area contributed by atoms with Gasteiger partial charge in [0.15, 0.2) is 0 Å². The first-order valence-electron chi connectivity index (χ1n) is 8.02. The van der Waals surface area contributed by atoms with Gasteiger partial charge in [-0.05, 0) is 60.9 Å². The second-order valence-corrected chi connectivity index (χ2v) is 8.55. The van der Waals surface area contributed by atoms with E-state index >= 15 is 0 Å². The average Bonchev–Trinajstić information content (AvgIpc) is 2.86. The molecule has 20 heavy (non-hydrogen) atoms. The standard InChI is InChI=1S/C17H28N2S/c1-12-14-6-9-20-16(14)5-8-19(12)11-13-10-17(2,3)7-4-15(13)18/h6,9,12-13,15H,4-5,7-8,10-11,18H2,1-3H3. The van der Waals surface area contributed by atoms with Crippen LogP contribution in [0.5, 0.6) is 0 Å². The van der Waals surface area contributed by atoms with Crippen LogP contribution in [0, 0.1) is 11.3 Å². The Hall–Kier alpha value is -0.380. The molecule has 0 bridgehead atoms. The predicted octanol–water partition coefficient (Wildman–Crippen LogP) is 3.82. The number of thiophene rings is 1. The fourth-order valence-electron chi connectivity index (χ4n) is 4.07. The summed E-state index contributed by atoms with van der Waals surface area (Å²) in [5.74, 6) is 0.668. The van der Waals surface area contributed by atoms with Gasteiger partial charge < -0.3 is 5.73 Å². The smallest absolute Gasteiger partial charge is 0.0331 e. The number of nitrogens with two attached hydrogens (primary N) is 1. The molecule has 1 aliphatic heterocycles. The van der Waals surface area contributed by atoms with Crippen LogP contribution in [0.3, 0.4) is 0 Å². The molecule has 0 radical (unpaired) electrons. The van der Waals surface area contributed by atoms with E-state index in [-0.39, 0.29) is 0 Å². The number of hydrogen-bond acceptors (Lipinski definition) is 3. The van der Waals surface area contributed by atoms with Crippen LogP contribution in [0.4, 0.5) is 0 Å². The van der Waals surface area contributed by atoms with Crippen LogP contribution >= 0.6 is 11.3 Å². The van der Waals surface area contributed by atoms with Crippen molar-refractivity contribution >= 4 is 11.3 Å². The van der Waals surface area contributed by atoms with E-state index in [1.807, 2.05) is 11.3 Å². The van der Waals surface area contributed by atoms with Crippen molar-refractivity contribution in [2.24, 2.45) is 17.1 Å². The second kappa shape index (κ2) is 5.43. The van der Waals surface area contributed by atoms with Gasteiger partial charge >= 0.3 is 0 Å². The summed E-state index contributed by atoms with van der Waals surface area (Å²) in [6.07, 6.45) is 5.00. The van der Waals surface area contributed by atoms with E-state index in [1.165, 1.54) is 38.8 Å². The van der Waals surface area contributed by atoms with Crippen molar-refractivity contribution < 1.29 is 0 Å². The molecule has 0 amide bonds. The summed E-state index contributed by atoms with van der Waals surface area (Å²) in [6, 6.07) is 3.29. The third kappa shape index (κ3) is 2.81. The number of hydrogen-bond donors (Lipinski definition) is 1. The highest BCUT2D eigenvalue weighted by atomic mass is 32.1. The highest BCUT2D eigenvalue weighted by Crippen LogP contribution is 2.40. The minimum atomic E-state index is 0.402. The Balaban J connectivity index is 1.69. The lowest BCUT2D eigenvalue weighted by Gasteiger charge is -2.43. The second-order valence-electron chi connectivity index (χ2n) is 7.55. The van der Waals surface area contributed by atoms with Gasteiger partial charge in [0.25, 0.3) is 0 Å². The van der Waals surface area contributed by atoms with Crippen molar-refractivity contribution in [3.05, 3.63) is 21.9 Å². The molecule has 112 valence electrons. The van der Waals surface area contributed by atoms with Crippen molar-refractivity contribution in [3.63, 3.8) is 0 Å². The number of nitrogens with zero attached hydrogens (tertiary/aromatic N) is 1. The fraction of sp³-hybridized carbons (Fsp3) is 0.765. The summed E-state index contributed by atoms with van der Waals surface area (Å²) >= 11 is 1.93. The SMILES string of the molecule is CC1c2ccsc2CCN1CC1CC(C)(C)CCC1N. The third-order valence-corrected chi connectivity index (χ3v) is 6.44. The zero-order valence-electron chi connectivity index (χ0n) is 13.1. The molecule has 1 fully saturated rings. The Morgan fingerprint density at radius 3 is 3.05 bits per heavy atom. The lowest BCUT2D eigenvalue weighted by atomic mass is 9.70. The molecule has 2 aliphatic rings. The minimum Gasteiger partial charge on any atom is -0.327 e. The fourth-order valence-corrected chi connectivity index (χ4v) is 5.03. The summed E-state index contributed by atoms with van der Waals surface area (Å²) in [5, 5.41) is 2.25.